The molecular formula is C23H21N3O2. The fraction of sp³-hybridized carbons (Fsp3) is 0.174. The van der Waals surface area contributed by atoms with Crippen molar-refractivity contribution in [2.24, 2.45) is 0 Å². The average molecular weight is 371 g/mol. The highest BCUT2D eigenvalue weighted by atomic mass is 16.2. The van der Waals surface area contributed by atoms with Gasteiger partial charge >= 0.3 is 0 Å². The van der Waals surface area contributed by atoms with Crippen LogP contribution in [0.15, 0.2) is 72.8 Å². The molecule has 1 N–H and O–H groups in total. The molecule has 28 heavy (non-hydrogen) atoms. The molecule has 5 nitrogen and oxygen atoms in total. The minimum absolute atomic E-state index is 0.177. The molecule has 1 aromatic heterocycles. The third kappa shape index (κ3) is 3.78. The van der Waals surface area contributed by atoms with E-state index in [0.717, 1.165) is 29.7 Å². The van der Waals surface area contributed by atoms with Gasteiger partial charge in [-0.3, -0.25) is 9.59 Å². The Labute approximate surface area is 164 Å². The van der Waals surface area contributed by atoms with Crippen LogP contribution in [0.3, 0.4) is 0 Å². The van der Waals surface area contributed by atoms with Crippen molar-refractivity contribution in [1.82, 2.24) is 10.3 Å². The van der Waals surface area contributed by atoms with Crippen LogP contribution in [0.25, 0.3) is 0 Å². The van der Waals surface area contributed by atoms with Crippen LogP contribution in [0.4, 0.5) is 5.69 Å². The van der Waals surface area contributed by atoms with Crippen molar-refractivity contribution in [2.45, 2.75) is 12.8 Å². The van der Waals surface area contributed by atoms with Gasteiger partial charge in [-0.2, -0.15) is 0 Å². The van der Waals surface area contributed by atoms with E-state index in [0.29, 0.717) is 13.1 Å². The first-order valence-electron chi connectivity index (χ1n) is 9.41. The maximum Gasteiger partial charge on any atom is 0.276 e. The molecule has 0 unspecified atom stereocenters. The molecule has 0 saturated heterocycles. The summed E-state index contributed by atoms with van der Waals surface area (Å²) >= 11 is 0. The molecule has 2 amide bonds. The summed E-state index contributed by atoms with van der Waals surface area (Å²) < 4.78 is 0. The molecule has 0 saturated carbocycles. The summed E-state index contributed by atoms with van der Waals surface area (Å²) in [5.74, 6) is -0.448. The minimum atomic E-state index is -0.271. The summed E-state index contributed by atoms with van der Waals surface area (Å²) in [6, 6.07) is 22.8. The van der Waals surface area contributed by atoms with E-state index in [9.17, 15) is 9.59 Å². The standard InChI is InChI=1S/C23H21N3O2/c27-22(24-15-13-17-7-2-1-3-8-17)19-10-6-11-20(25-19)23(28)26-16-14-18-9-4-5-12-21(18)26/h1-12H,13-16H2,(H,24,27). The van der Waals surface area contributed by atoms with E-state index >= 15 is 0 Å². The summed E-state index contributed by atoms with van der Waals surface area (Å²) in [6.07, 6.45) is 1.58. The van der Waals surface area contributed by atoms with Crippen molar-refractivity contribution >= 4 is 17.5 Å². The summed E-state index contributed by atoms with van der Waals surface area (Å²) in [4.78, 5) is 31.4. The Kier molecular flexibility index (Phi) is 5.15. The lowest BCUT2D eigenvalue weighted by Gasteiger charge is -2.17. The number of fused-ring (bicyclic) bond motifs is 1. The Balaban J connectivity index is 1.43. The molecule has 0 aliphatic carbocycles. The molecule has 0 radical (unpaired) electrons. The first kappa shape index (κ1) is 17.9. The van der Waals surface area contributed by atoms with Gasteiger partial charge < -0.3 is 10.2 Å². The van der Waals surface area contributed by atoms with Crippen molar-refractivity contribution in [3.8, 4) is 0 Å². The molecule has 5 heteroatoms. The number of pyridine rings is 1. The molecule has 2 aromatic carbocycles. The summed E-state index contributed by atoms with van der Waals surface area (Å²) in [5.41, 5.74) is 3.78. The molecule has 0 spiro atoms. The highest BCUT2D eigenvalue weighted by Gasteiger charge is 2.26. The molecule has 3 aromatic rings. The quantitative estimate of drug-likeness (QED) is 0.749. The average Bonchev–Trinajstić information content (AvgIpc) is 3.18. The van der Waals surface area contributed by atoms with Crippen molar-refractivity contribution < 1.29 is 9.59 Å². The van der Waals surface area contributed by atoms with E-state index < -0.39 is 0 Å². The Morgan fingerprint density at radius 3 is 2.50 bits per heavy atom. The predicted molar refractivity (Wildman–Crippen MR) is 109 cm³/mol. The van der Waals surface area contributed by atoms with Gasteiger partial charge in [-0.15, -0.1) is 0 Å². The third-order valence-electron chi connectivity index (χ3n) is 4.88. The number of nitrogens with one attached hydrogen (secondary N) is 1. The molecule has 0 atom stereocenters. The van der Waals surface area contributed by atoms with Gasteiger partial charge in [0.15, 0.2) is 0 Å². The van der Waals surface area contributed by atoms with E-state index in [-0.39, 0.29) is 23.2 Å². The lowest BCUT2D eigenvalue weighted by Crippen LogP contribution is -2.31. The lowest BCUT2D eigenvalue weighted by molar-refractivity contribution is 0.0948. The van der Waals surface area contributed by atoms with Gasteiger partial charge in [0.2, 0.25) is 0 Å². The van der Waals surface area contributed by atoms with Gasteiger partial charge in [-0.25, -0.2) is 4.98 Å². The normalized spacial score (nSPS) is 12.5. The monoisotopic (exact) mass is 371 g/mol. The number of amides is 2. The zero-order valence-corrected chi connectivity index (χ0v) is 15.5. The number of carbonyl (C=O) groups is 2. The van der Waals surface area contributed by atoms with Crippen molar-refractivity contribution in [3.63, 3.8) is 0 Å². The van der Waals surface area contributed by atoms with E-state index in [4.69, 9.17) is 0 Å². The van der Waals surface area contributed by atoms with Gasteiger partial charge in [0.25, 0.3) is 11.8 Å². The summed E-state index contributed by atoms with van der Waals surface area (Å²) in [7, 11) is 0. The smallest absolute Gasteiger partial charge is 0.276 e. The van der Waals surface area contributed by atoms with E-state index in [2.05, 4.69) is 10.3 Å². The fourth-order valence-corrected chi connectivity index (χ4v) is 3.42. The van der Waals surface area contributed by atoms with Gasteiger partial charge in [-0.05, 0) is 42.2 Å². The lowest BCUT2D eigenvalue weighted by atomic mass is 10.1. The maximum absolute atomic E-state index is 12.9. The maximum atomic E-state index is 12.9. The van der Waals surface area contributed by atoms with Crippen molar-refractivity contribution in [1.29, 1.82) is 0 Å². The number of para-hydroxylation sites is 1. The predicted octanol–water partition coefficient (Wildman–Crippen LogP) is 3.26. The first-order chi connectivity index (χ1) is 13.7. The zero-order valence-electron chi connectivity index (χ0n) is 15.5. The van der Waals surface area contributed by atoms with Crippen LogP contribution >= 0.6 is 0 Å². The SMILES string of the molecule is O=C(NCCc1ccccc1)c1cccc(C(=O)N2CCc3ccccc32)n1. The fourth-order valence-electron chi connectivity index (χ4n) is 3.42. The Morgan fingerprint density at radius 1 is 0.893 bits per heavy atom. The number of hydrogen-bond donors (Lipinski definition) is 1. The number of rotatable bonds is 5. The molecule has 2 heterocycles. The van der Waals surface area contributed by atoms with Crippen LogP contribution in [0.1, 0.15) is 32.1 Å². The molecule has 0 fully saturated rings. The third-order valence-corrected chi connectivity index (χ3v) is 4.88. The van der Waals surface area contributed by atoms with Gasteiger partial charge in [0, 0.05) is 18.8 Å². The molecule has 140 valence electrons. The van der Waals surface area contributed by atoms with Gasteiger partial charge in [0.05, 0.1) is 0 Å². The van der Waals surface area contributed by atoms with E-state index in [1.54, 1.807) is 23.1 Å². The van der Waals surface area contributed by atoms with Crippen molar-refractivity contribution in [2.75, 3.05) is 18.0 Å². The highest BCUT2D eigenvalue weighted by molar-refractivity contribution is 6.06. The second-order valence-corrected chi connectivity index (χ2v) is 6.74. The molecule has 1 aliphatic rings. The number of carbonyl (C=O) groups excluding carboxylic acids is 2. The topological polar surface area (TPSA) is 62.3 Å². The van der Waals surface area contributed by atoms with Gasteiger partial charge in [0.1, 0.15) is 11.4 Å². The Bertz CT molecular complexity index is 1000. The van der Waals surface area contributed by atoms with Crippen LogP contribution in [0.5, 0.6) is 0 Å². The van der Waals surface area contributed by atoms with Crippen LogP contribution in [0, 0.1) is 0 Å². The van der Waals surface area contributed by atoms with Crippen LogP contribution < -0.4 is 10.2 Å². The van der Waals surface area contributed by atoms with Gasteiger partial charge in [-0.1, -0.05) is 54.6 Å². The second kappa shape index (κ2) is 8.05. The summed E-state index contributed by atoms with van der Waals surface area (Å²) in [5, 5.41) is 2.87. The Hall–Kier alpha value is -3.47. The highest BCUT2D eigenvalue weighted by Crippen LogP contribution is 2.28. The largest absolute Gasteiger partial charge is 0.350 e. The van der Waals surface area contributed by atoms with Crippen LogP contribution in [0.2, 0.25) is 0 Å². The minimum Gasteiger partial charge on any atom is -0.350 e. The molecular weight excluding hydrogens is 350 g/mol. The number of aromatic nitrogens is 1. The number of nitrogens with zero attached hydrogens (tertiary/aromatic N) is 2. The first-order valence-corrected chi connectivity index (χ1v) is 9.41. The molecule has 4 rings (SSSR count). The van der Waals surface area contributed by atoms with E-state index in [1.807, 2.05) is 54.6 Å². The molecule has 0 bridgehead atoms. The van der Waals surface area contributed by atoms with E-state index in [1.165, 1.54) is 0 Å². The number of hydrogen-bond acceptors (Lipinski definition) is 3. The number of anilines is 1. The number of benzene rings is 2. The second-order valence-electron chi connectivity index (χ2n) is 6.74. The molecule has 1 aliphatic heterocycles. The van der Waals surface area contributed by atoms with Crippen molar-refractivity contribution in [3.05, 3.63) is 95.3 Å². The Morgan fingerprint density at radius 2 is 1.64 bits per heavy atom. The van der Waals surface area contributed by atoms with Crippen LogP contribution in [-0.2, 0) is 12.8 Å². The zero-order chi connectivity index (χ0) is 19.3. The van der Waals surface area contributed by atoms with Crippen LogP contribution in [-0.4, -0.2) is 29.9 Å². The summed E-state index contributed by atoms with van der Waals surface area (Å²) in [6.45, 7) is 1.15.